The summed E-state index contributed by atoms with van der Waals surface area (Å²) in [5.74, 6) is 0.722. The quantitative estimate of drug-likeness (QED) is 0.499. The molecule has 0 N–H and O–H groups in total. The first-order valence-electron chi connectivity index (χ1n) is 10.6. The number of Topliss-reactive ketones (excluding diaryl/α,β-unsaturated/α-hetero) is 1. The number of nitrogens with zero attached hydrogens (tertiary/aromatic N) is 5. The Hall–Kier alpha value is -3.20. The molecule has 2 heterocycles. The van der Waals surface area contributed by atoms with E-state index in [1.54, 1.807) is 6.20 Å². The Morgan fingerprint density at radius 2 is 1.97 bits per heavy atom. The van der Waals surface area contributed by atoms with E-state index in [1.807, 2.05) is 45.9 Å². The van der Waals surface area contributed by atoms with Gasteiger partial charge in [-0.05, 0) is 56.7 Å². The van der Waals surface area contributed by atoms with E-state index in [9.17, 15) is 4.79 Å². The lowest BCUT2D eigenvalue weighted by molar-refractivity contribution is 0.0946. The fraction of sp³-hybridized carbons (Fsp3) is 0.417. The van der Waals surface area contributed by atoms with E-state index >= 15 is 0 Å². The van der Waals surface area contributed by atoms with Crippen LogP contribution >= 0.6 is 0 Å². The summed E-state index contributed by atoms with van der Waals surface area (Å²) < 4.78 is 3.78. The van der Waals surface area contributed by atoms with Crippen molar-refractivity contribution in [3.63, 3.8) is 0 Å². The van der Waals surface area contributed by atoms with Crippen molar-refractivity contribution in [2.45, 2.75) is 58.5 Å². The summed E-state index contributed by atoms with van der Waals surface area (Å²) in [6, 6.07) is 11.7. The zero-order valence-electron chi connectivity index (χ0n) is 17.7. The molecule has 4 rings (SSSR count). The van der Waals surface area contributed by atoms with Gasteiger partial charge in [0.25, 0.3) is 0 Å². The normalized spacial score (nSPS) is 14.6. The Labute approximate surface area is 177 Å². The molecule has 0 bridgehead atoms. The lowest BCUT2D eigenvalue weighted by Crippen LogP contribution is -2.18. The van der Waals surface area contributed by atoms with Crippen molar-refractivity contribution < 1.29 is 4.79 Å². The molecule has 154 valence electrons. The van der Waals surface area contributed by atoms with Crippen LogP contribution in [0.3, 0.4) is 0 Å². The Bertz CT molecular complexity index is 1070. The minimum Gasteiger partial charge on any atom is -0.292 e. The highest BCUT2D eigenvalue weighted by Crippen LogP contribution is 2.47. The Kier molecular flexibility index (Phi) is 5.54. The van der Waals surface area contributed by atoms with Gasteiger partial charge < -0.3 is 0 Å². The third-order valence-corrected chi connectivity index (χ3v) is 5.57. The van der Waals surface area contributed by atoms with E-state index in [-0.39, 0.29) is 17.7 Å². The van der Waals surface area contributed by atoms with Crippen molar-refractivity contribution >= 4 is 5.78 Å². The van der Waals surface area contributed by atoms with E-state index in [4.69, 9.17) is 10.4 Å². The molecule has 0 aliphatic heterocycles. The molecule has 1 unspecified atom stereocenters. The molecule has 1 atom stereocenters. The highest BCUT2D eigenvalue weighted by molar-refractivity contribution is 5.98. The predicted octanol–water partition coefficient (Wildman–Crippen LogP) is 4.99. The van der Waals surface area contributed by atoms with Crippen molar-refractivity contribution in [2.75, 3.05) is 0 Å². The molecule has 0 saturated heterocycles. The van der Waals surface area contributed by atoms with E-state index in [1.165, 1.54) is 0 Å². The number of nitriles is 1. The molecular weight excluding hydrogens is 374 g/mol. The van der Waals surface area contributed by atoms with Gasteiger partial charge in [-0.2, -0.15) is 15.5 Å². The van der Waals surface area contributed by atoms with Gasteiger partial charge in [-0.25, -0.2) is 0 Å². The number of ketones is 1. The number of rotatable bonds is 8. The van der Waals surface area contributed by atoms with Crippen LogP contribution in [0.25, 0.3) is 11.3 Å². The molecule has 0 spiro atoms. The summed E-state index contributed by atoms with van der Waals surface area (Å²) >= 11 is 0. The number of benzene rings is 1. The molecule has 1 saturated carbocycles. The zero-order chi connectivity index (χ0) is 21.3. The molecule has 30 heavy (non-hydrogen) atoms. The second-order valence-electron chi connectivity index (χ2n) is 8.57. The first-order chi connectivity index (χ1) is 14.5. The molecule has 3 aromatic rings. The minimum atomic E-state index is 0.0926. The van der Waals surface area contributed by atoms with Gasteiger partial charge >= 0.3 is 0 Å². The number of hydrogen-bond donors (Lipinski definition) is 0. The average molecular weight is 402 g/mol. The third kappa shape index (κ3) is 4.06. The van der Waals surface area contributed by atoms with Crippen molar-refractivity contribution in [1.29, 1.82) is 5.26 Å². The van der Waals surface area contributed by atoms with Crippen LogP contribution in [0.4, 0.5) is 0 Å². The summed E-state index contributed by atoms with van der Waals surface area (Å²) in [4.78, 5) is 13.5. The van der Waals surface area contributed by atoms with Gasteiger partial charge in [0, 0.05) is 42.5 Å². The van der Waals surface area contributed by atoms with Crippen molar-refractivity contribution in [1.82, 2.24) is 19.6 Å². The first kappa shape index (κ1) is 20.1. The molecule has 1 aromatic carbocycles. The topological polar surface area (TPSA) is 76.5 Å². The summed E-state index contributed by atoms with van der Waals surface area (Å²) in [5.41, 5.74) is 4.33. The Morgan fingerprint density at radius 1 is 1.23 bits per heavy atom. The summed E-state index contributed by atoms with van der Waals surface area (Å²) in [6.45, 7) is 6.94. The Balaban J connectivity index is 1.69. The molecule has 1 aliphatic rings. The van der Waals surface area contributed by atoms with Gasteiger partial charge in [0.1, 0.15) is 5.69 Å². The molecule has 2 aromatic heterocycles. The molecule has 6 heteroatoms. The number of aromatic nitrogens is 4. The predicted molar refractivity (Wildman–Crippen MR) is 115 cm³/mol. The van der Waals surface area contributed by atoms with Crippen LogP contribution in [0, 0.1) is 17.2 Å². The van der Waals surface area contributed by atoms with Gasteiger partial charge in [0.05, 0.1) is 17.3 Å². The summed E-state index contributed by atoms with van der Waals surface area (Å²) in [5, 5.41) is 18.3. The van der Waals surface area contributed by atoms with Crippen molar-refractivity contribution in [3.05, 3.63) is 59.5 Å². The molecular formula is C24H27N5O. The highest BCUT2D eigenvalue weighted by atomic mass is 16.1. The second kappa shape index (κ2) is 8.27. The van der Waals surface area contributed by atoms with E-state index < -0.39 is 0 Å². The minimum absolute atomic E-state index is 0.0926. The van der Waals surface area contributed by atoms with Crippen LogP contribution < -0.4 is 0 Å². The van der Waals surface area contributed by atoms with Crippen LogP contribution in [-0.4, -0.2) is 25.3 Å². The van der Waals surface area contributed by atoms with Gasteiger partial charge in [0.2, 0.25) is 0 Å². The number of carbonyl (C=O) groups excluding carboxylic acids is 1. The molecule has 0 radical (unpaired) electrons. The summed E-state index contributed by atoms with van der Waals surface area (Å²) in [6.07, 6.45) is 6.34. The van der Waals surface area contributed by atoms with E-state index in [0.29, 0.717) is 17.9 Å². The maximum atomic E-state index is 13.5. The van der Waals surface area contributed by atoms with E-state index in [0.717, 1.165) is 41.9 Å². The molecule has 1 fully saturated rings. The molecule has 1 aliphatic carbocycles. The van der Waals surface area contributed by atoms with Crippen LogP contribution in [-0.2, 0) is 6.54 Å². The largest absolute Gasteiger partial charge is 0.292 e. The number of carbonyl (C=O) groups is 1. The monoisotopic (exact) mass is 401 g/mol. The molecule has 0 amide bonds. The maximum Gasteiger partial charge on any atom is 0.181 e. The standard InChI is InChI=1S/C24H27N5O/c1-16(2)29-24(21(30)13-17(3)15-28-12-4-11-26-28)22(19-9-10-19)23(27-29)20-7-5-18(14-25)6-8-20/h4-8,11-12,16-17,19H,9-10,13,15H2,1-3H3. The molecule has 6 nitrogen and oxygen atoms in total. The SMILES string of the molecule is CC(CC(=O)c1c(C2CC2)c(-c2ccc(C#N)cc2)nn1C(C)C)Cn1cccn1. The summed E-state index contributed by atoms with van der Waals surface area (Å²) in [7, 11) is 0. The van der Waals surface area contributed by atoms with Crippen LogP contribution in [0.2, 0.25) is 0 Å². The van der Waals surface area contributed by atoms with Crippen molar-refractivity contribution in [2.24, 2.45) is 5.92 Å². The van der Waals surface area contributed by atoms with Crippen molar-refractivity contribution in [3.8, 4) is 17.3 Å². The van der Waals surface area contributed by atoms with Crippen LogP contribution in [0.15, 0.2) is 42.7 Å². The lowest BCUT2D eigenvalue weighted by Gasteiger charge is -2.15. The van der Waals surface area contributed by atoms with Crippen LogP contribution in [0.5, 0.6) is 0 Å². The fourth-order valence-electron chi connectivity index (χ4n) is 3.98. The number of hydrogen-bond acceptors (Lipinski definition) is 4. The first-order valence-corrected chi connectivity index (χ1v) is 10.6. The fourth-order valence-corrected chi connectivity index (χ4v) is 3.98. The second-order valence-corrected chi connectivity index (χ2v) is 8.57. The Morgan fingerprint density at radius 3 is 2.53 bits per heavy atom. The van der Waals surface area contributed by atoms with E-state index in [2.05, 4.69) is 31.9 Å². The van der Waals surface area contributed by atoms with Crippen LogP contribution in [0.1, 0.15) is 73.6 Å². The lowest BCUT2D eigenvalue weighted by atomic mass is 9.95. The average Bonchev–Trinajstić information content (AvgIpc) is 3.28. The maximum absolute atomic E-state index is 13.5. The van der Waals surface area contributed by atoms with Gasteiger partial charge in [-0.3, -0.25) is 14.2 Å². The van der Waals surface area contributed by atoms with Gasteiger partial charge in [-0.1, -0.05) is 19.1 Å². The van der Waals surface area contributed by atoms with Gasteiger partial charge in [0.15, 0.2) is 5.78 Å². The zero-order valence-corrected chi connectivity index (χ0v) is 17.7. The highest BCUT2D eigenvalue weighted by Gasteiger charge is 2.36. The third-order valence-electron chi connectivity index (χ3n) is 5.57. The smallest absolute Gasteiger partial charge is 0.181 e. The van der Waals surface area contributed by atoms with Gasteiger partial charge in [-0.15, -0.1) is 0 Å².